The van der Waals surface area contributed by atoms with Gasteiger partial charge in [-0.15, -0.1) is 0 Å². The van der Waals surface area contributed by atoms with E-state index in [2.05, 4.69) is 30.4 Å². The average molecular weight is 174 g/mol. The Morgan fingerprint density at radius 2 is 2.08 bits per heavy atom. The zero-order valence-corrected chi connectivity index (χ0v) is 8.21. The minimum atomic E-state index is 0.899. The summed E-state index contributed by atoms with van der Waals surface area (Å²) in [7, 11) is 0. The number of nitrogens with zero attached hydrogens (tertiary/aromatic N) is 1. The van der Waals surface area contributed by atoms with Gasteiger partial charge in [0.15, 0.2) is 0 Å². The van der Waals surface area contributed by atoms with Gasteiger partial charge in [0, 0.05) is 6.54 Å². The van der Waals surface area contributed by atoms with Gasteiger partial charge in [0.1, 0.15) is 0 Å². The molecule has 1 nitrogen and oxygen atoms in total. The summed E-state index contributed by atoms with van der Waals surface area (Å²) in [6, 6.07) is 6.54. The number of aryl methyl sites for hydroxylation is 1. The van der Waals surface area contributed by atoms with Crippen molar-refractivity contribution in [3.05, 3.63) is 29.3 Å². The van der Waals surface area contributed by atoms with Crippen LogP contribution in [0.2, 0.25) is 0 Å². The first kappa shape index (κ1) is 8.61. The maximum absolute atomic E-state index is 4.52. The first-order chi connectivity index (χ1) is 6.42. The lowest BCUT2D eigenvalue weighted by Gasteiger charge is -2.18. The first-order valence-corrected chi connectivity index (χ1v) is 5.20. The fourth-order valence-electron chi connectivity index (χ4n) is 2.08. The summed E-state index contributed by atoms with van der Waals surface area (Å²) in [5.74, 6) is 0. The Hall–Kier alpha value is -0.980. The van der Waals surface area contributed by atoms with Crippen LogP contribution in [0, 0.1) is 0 Å². The molecule has 0 fully saturated rings. The van der Waals surface area contributed by atoms with E-state index in [1.165, 1.54) is 42.5 Å². The van der Waals surface area contributed by atoms with Crippen LogP contribution in [-0.4, -0.2) is 6.54 Å². The van der Waals surface area contributed by atoms with Crippen LogP contribution in [0.3, 0.4) is 0 Å². The van der Waals surface area contributed by atoms with Crippen molar-refractivity contribution < 1.29 is 0 Å². The van der Waals surface area contributed by atoms with Gasteiger partial charge in [-0.2, -0.15) is 0 Å². The molecule has 13 heavy (non-hydrogen) atoms. The Morgan fingerprint density at radius 1 is 1.23 bits per heavy atom. The third-order valence-electron chi connectivity index (χ3n) is 2.70. The van der Waals surface area contributed by atoms with E-state index in [9.17, 15) is 0 Å². The zero-order chi connectivity index (χ0) is 9.10. The summed E-state index contributed by atoms with van der Waals surface area (Å²) in [4.78, 5) is 0. The number of hydrogen-bond acceptors (Lipinski definition) is 0. The molecule has 0 N–H and O–H groups in total. The molecule has 0 heterocycles. The monoisotopic (exact) mass is 174 g/mol. The Labute approximate surface area is 80.2 Å². The van der Waals surface area contributed by atoms with E-state index in [1.54, 1.807) is 0 Å². The van der Waals surface area contributed by atoms with Gasteiger partial charge in [-0.3, -0.25) is 5.32 Å². The van der Waals surface area contributed by atoms with Crippen LogP contribution in [0.1, 0.15) is 30.9 Å². The summed E-state index contributed by atoms with van der Waals surface area (Å²) >= 11 is 0. The van der Waals surface area contributed by atoms with Crippen LogP contribution in [0.5, 0.6) is 0 Å². The molecule has 1 aromatic carbocycles. The van der Waals surface area contributed by atoms with Gasteiger partial charge < -0.3 is 0 Å². The molecule has 0 aromatic heterocycles. The Bertz CT molecular complexity index is 291. The van der Waals surface area contributed by atoms with Gasteiger partial charge in [0.2, 0.25) is 0 Å². The molecule has 0 unspecified atom stereocenters. The zero-order valence-electron chi connectivity index (χ0n) is 8.21. The number of hydrogen-bond donors (Lipinski definition) is 0. The number of benzene rings is 1. The van der Waals surface area contributed by atoms with Gasteiger partial charge in [-0.05, 0) is 49.8 Å². The van der Waals surface area contributed by atoms with Gasteiger partial charge in [0.05, 0.1) is 5.69 Å². The third kappa shape index (κ3) is 1.69. The van der Waals surface area contributed by atoms with Gasteiger partial charge in [0.25, 0.3) is 0 Å². The second-order valence-corrected chi connectivity index (χ2v) is 3.60. The fourth-order valence-corrected chi connectivity index (χ4v) is 2.08. The maximum atomic E-state index is 4.52. The van der Waals surface area contributed by atoms with Crippen molar-refractivity contribution in [1.82, 2.24) is 5.32 Å². The Balaban J connectivity index is 2.34. The second-order valence-electron chi connectivity index (χ2n) is 3.60. The van der Waals surface area contributed by atoms with Crippen LogP contribution in [0.25, 0.3) is 0 Å². The molecule has 69 valence electrons. The van der Waals surface area contributed by atoms with Gasteiger partial charge in [-0.25, -0.2) is 0 Å². The maximum Gasteiger partial charge on any atom is 0.0608 e. The van der Waals surface area contributed by atoms with Crippen molar-refractivity contribution in [3.63, 3.8) is 0 Å². The lowest BCUT2D eigenvalue weighted by molar-refractivity contribution is 0.680. The molecule has 0 saturated carbocycles. The molecule has 1 radical (unpaired) electrons. The summed E-state index contributed by atoms with van der Waals surface area (Å²) in [6.07, 6.45) is 5.17. The lowest BCUT2D eigenvalue weighted by atomic mass is 9.90. The molecule has 1 heteroatoms. The van der Waals surface area contributed by atoms with Crippen molar-refractivity contribution in [2.75, 3.05) is 6.54 Å². The number of fused-ring (bicyclic) bond motifs is 1. The highest BCUT2D eigenvalue weighted by molar-refractivity contribution is 5.50. The third-order valence-corrected chi connectivity index (χ3v) is 2.70. The molecular weight excluding hydrogens is 158 g/mol. The molecule has 0 saturated heterocycles. The summed E-state index contributed by atoms with van der Waals surface area (Å²) in [5, 5.41) is 4.52. The van der Waals surface area contributed by atoms with Crippen LogP contribution in [-0.2, 0) is 12.8 Å². The minimum absolute atomic E-state index is 0.899. The van der Waals surface area contributed by atoms with E-state index in [1.807, 2.05) is 0 Å². The summed E-state index contributed by atoms with van der Waals surface area (Å²) in [6.45, 7) is 3.00. The lowest BCUT2D eigenvalue weighted by Crippen LogP contribution is -2.07. The molecular formula is C12H16N. The first-order valence-electron chi connectivity index (χ1n) is 5.20. The van der Waals surface area contributed by atoms with E-state index in [0.717, 1.165) is 6.54 Å². The summed E-state index contributed by atoms with van der Waals surface area (Å²) in [5.41, 5.74) is 4.27. The normalized spacial score (nSPS) is 15.2. The Morgan fingerprint density at radius 3 is 2.92 bits per heavy atom. The van der Waals surface area contributed by atoms with E-state index >= 15 is 0 Å². The van der Waals surface area contributed by atoms with E-state index in [-0.39, 0.29) is 0 Å². The van der Waals surface area contributed by atoms with Crippen molar-refractivity contribution in [2.24, 2.45) is 0 Å². The topological polar surface area (TPSA) is 14.1 Å². The molecule has 1 aliphatic carbocycles. The predicted molar refractivity (Wildman–Crippen MR) is 55.4 cm³/mol. The molecule has 0 bridgehead atoms. The van der Waals surface area contributed by atoms with Crippen LogP contribution < -0.4 is 5.32 Å². The SMILES string of the molecule is CC[N]c1cccc2c1CCCC2. The average Bonchev–Trinajstić information content (AvgIpc) is 2.19. The number of rotatable bonds is 2. The highest BCUT2D eigenvalue weighted by Crippen LogP contribution is 2.27. The van der Waals surface area contributed by atoms with Crippen molar-refractivity contribution in [2.45, 2.75) is 32.6 Å². The van der Waals surface area contributed by atoms with Crippen LogP contribution >= 0.6 is 0 Å². The Kier molecular flexibility index (Phi) is 2.53. The van der Waals surface area contributed by atoms with Crippen molar-refractivity contribution in [3.8, 4) is 0 Å². The van der Waals surface area contributed by atoms with Gasteiger partial charge >= 0.3 is 0 Å². The van der Waals surface area contributed by atoms with Crippen molar-refractivity contribution in [1.29, 1.82) is 0 Å². The molecule has 1 aliphatic rings. The summed E-state index contributed by atoms with van der Waals surface area (Å²) < 4.78 is 0. The minimum Gasteiger partial charge on any atom is -0.285 e. The quantitative estimate of drug-likeness (QED) is 0.654. The molecule has 2 rings (SSSR count). The predicted octanol–water partition coefficient (Wildman–Crippen LogP) is 2.82. The molecule has 0 atom stereocenters. The molecule has 1 aromatic rings. The second kappa shape index (κ2) is 3.82. The van der Waals surface area contributed by atoms with E-state index in [0.29, 0.717) is 0 Å². The molecule has 0 amide bonds. The molecule has 0 spiro atoms. The van der Waals surface area contributed by atoms with Gasteiger partial charge in [-0.1, -0.05) is 12.1 Å². The fraction of sp³-hybridized carbons (Fsp3) is 0.500. The van der Waals surface area contributed by atoms with Crippen molar-refractivity contribution >= 4 is 5.69 Å². The van der Waals surface area contributed by atoms with Crippen LogP contribution in [0.4, 0.5) is 5.69 Å². The smallest absolute Gasteiger partial charge is 0.0608 e. The standard InChI is InChI=1S/C12H16N/c1-2-13-12-9-5-7-10-6-3-4-8-11(10)12/h5,7,9H,2-4,6,8H2,1H3. The highest BCUT2D eigenvalue weighted by Gasteiger charge is 2.12. The van der Waals surface area contributed by atoms with E-state index in [4.69, 9.17) is 0 Å². The largest absolute Gasteiger partial charge is 0.285 e. The van der Waals surface area contributed by atoms with Crippen LogP contribution in [0.15, 0.2) is 18.2 Å². The van der Waals surface area contributed by atoms with E-state index < -0.39 is 0 Å². The highest BCUT2D eigenvalue weighted by atomic mass is 14.9. The molecule has 0 aliphatic heterocycles.